The molecule has 30 heavy (non-hydrogen) atoms. The number of nitriles is 2. The number of nitrogens with zero attached hydrogens (tertiary/aromatic N) is 3. The lowest BCUT2D eigenvalue weighted by molar-refractivity contribution is 1.25. The van der Waals surface area contributed by atoms with Crippen molar-refractivity contribution in [3.63, 3.8) is 0 Å². The molecule has 0 unspecified atom stereocenters. The quantitative estimate of drug-likeness (QED) is 0.371. The van der Waals surface area contributed by atoms with E-state index < -0.39 is 0 Å². The Morgan fingerprint density at radius 1 is 0.667 bits per heavy atom. The minimum atomic E-state index is 0.487. The molecule has 4 aromatic carbocycles. The van der Waals surface area contributed by atoms with Crippen molar-refractivity contribution < 1.29 is 0 Å². The van der Waals surface area contributed by atoms with Gasteiger partial charge in [-0.2, -0.15) is 10.5 Å². The van der Waals surface area contributed by atoms with Crippen molar-refractivity contribution in [2.75, 3.05) is 10.2 Å². The molecule has 0 saturated carbocycles. The summed E-state index contributed by atoms with van der Waals surface area (Å²) in [6, 6.07) is 34.1. The number of para-hydroxylation sites is 4. The minimum absolute atomic E-state index is 0.487. The van der Waals surface area contributed by atoms with Crippen LogP contribution < -0.4 is 10.2 Å². The largest absolute Gasteiger partial charge is 0.352 e. The van der Waals surface area contributed by atoms with E-state index in [2.05, 4.69) is 58.8 Å². The van der Waals surface area contributed by atoms with Crippen LogP contribution in [-0.4, -0.2) is 0 Å². The van der Waals surface area contributed by atoms with Gasteiger partial charge in [-0.05, 0) is 59.7 Å². The second kappa shape index (κ2) is 7.13. The van der Waals surface area contributed by atoms with Crippen LogP contribution in [0, 0.1) is 22.7 Å². The van der Waals surface area contributed by atoms with E-state index in [1.165, 1.54) is 0 Å². The standard InChI is InChI=1S/C26H16N4/c27-16-18-9-14-22(20(15-18)17-28)19-10-12-21(13-11-19)30-25-7-3-1-5-23(25)29-24-6-2-4-8-26(24)30/h1-15,29H. The highest BCUT2D eigenvalue weighted by atomic mass is 15.2. The molecular weight excluding hydrogens is 368 g/mol. The second-order valence-corrected chi connectivity index (χ2v) is 7.03. The van der Waals surface area contributed by atoms with E-state index in [0.29, 0.717) is 11.1 Å². The Hall–Kier alpha value is -4.54. The van der Waals surface area contributed by atoms with E-state index in [4.69, 9.17) is 5.26 Å². The predicted octanol–water partition coefficient (Wildman–Crippen LogP) is 6.62. The van der Waals surface area contributed by atoms with Crippen LogP contribution in [0.2, 0.25) is 0 Å². The average Bonchev–Trinajstić information content (AvgIpc) is 2.82. The first kappa shape index (κ1) is 17.6. The highest BCUT2D eigenvalue weighted by Crippen LogP contribution is 2.47. The Morgan fingerprint density at radius 2 is 1.30 bits per heavy atom. The van der Waals surface area contributed by atoms with E-state index in [9.17, 15) is 5.26 Å². The van der Waals surface area contributed by atoms with Crippen LogP contribution in [-0.2, 0) is 0 Å². The first-order valence-corrected chi connectivity index (χ1v) is 9.58. The Labute approximate surface area is 174 Å². The molecular formula is C26H16N4. The number of rotatable bonds is 2. The average molecular weight is 384 g/mol. The van der Waals surface area contributed by atoms with Gasteiger partial charge in [0.05, 0.1) is 46.0 Å². The van der Waals surface area contributed by atoms with Crippen molar-refractivity contribution >= 4 is 28.4 Å². The van der Waals surface area contributed by atoms with E-state index in [1.807, 2.05) is 42.5 Å². The predicted molar refractivity (Wildman–Crippen MR) is 119 cm³/mol. The molecule has 1 heterocycles. The summed E-state index contributed by atoms with van der Waals surface area (Å²) >= 11 is 0. The molecule has 0 atom stereocenters. The van der Waals surface area contributed by atoms with Gasteiger partial charge in [0.15, 0.2) is 0 Å². The Balaban J connectivity index is 1.60. The molecule has 1 N–H and O–H groups in total. The summed E-state index contributed by atoms with van der Waals surface area (Å²) in [5.74, 6) is 0. The van der Waals surface area contributed by atoms with Gasteiger partial charge in [-0.3, -0.25) is 0 Å². The molecule has 140 valence electrons. The Morgan fingerprint density at radius 3 is 1.90 bits per heavy atom. The third-order valence-corrected chi connectivity index (χ3v) is 5.26. The highest BCUT2D eigenvalue weighted by Gasteiger charge is 2.23. The number of anilines is 5. The van der Waals surface area contributed by atoms with E-state index >= 15 is 0 Å². The topological polar surface area (TPSA) is 62.9 Å². The van der Waals surface area contributed by atoms with Crippen LogP contribution in [0.3, 0.4) is 0 Å². The maximum atomic E-state index is 9.50. The van der Waals surface area contributed by atoms with Crippen LogP contribution in [0.5, 0.6) is 0 Å². The van der Waals surface area contributed by atoms with Crippen LogP contribution >= 0.6 is 0 Å². The van der Waals surface area contributed by atoms with Gasteiger partial charge in [0.1, 0.15) is 0 Å². The van der Waals surface area contributed by atoms with Gasteiger partial charge >= 0.3 is 0 Å². The first-order valence-electron chi connectivity index (χ1n) is 9.58. The zero-order valence-electron chi connectivity index (χ0n) is 16.0. The SMILES string of the molecule is N#Cc1ccc(-c2ccc(N3c4ccccc4Nc4ccccc43)cc2)c(C#N)c1. The van der Waals surface area contributed by atoms with Gasteiger partial charge in [0.2, 0.25) is 0 Å². The molecule has 1 aliphatic heterocycles. The third kappa shape index (κ3) is 2.85. The molecule has 1 aliphatic rings. The van der Waals surface area contributed by atoms with Crippen LogP contribution in [0.25, 0.3) is 11.1 Å². The van der Waals surface area contributed by atoms with Gasteiger partial charge in [-0.1, -0.05) is 42.5 Å². The van der Waals surface area contributed by atoms with Crippen molar-refractivity contribution in [3.05, 3.63) is 102 Å². The maximum absolute atomic E-state index is 9.50. The molecule has 5 rings (SSSR count). The fourth-order valence-corrected chi connectivity index (χ4v) is 3.85. The van der Waals surface area contributed by atoms with Crippen molar-refractivity contribution in [2.24, 2.45) is 0 Å². The fraction of sp³-hybridized carbons (Fsp3) is 0. The first-order chi connectivity index (χ1) is 14.8. The van der Waals surface area contributed by atoms with Gasteiger partial charge in [-0.15, -0.1) is 0 Å². The zero-order chi connectivity index (χ0) is 20.5. The summed E-state index contributed by atoms with van der Waals surface area (Å²) in [4.78, 5) is 2.23. The number of fused-ring (bicyclic) bond motifs is 2. The molecule has 0 bridgehead atoms. The van der Waals surface area contributed by atoms with Gasteiger partial charge in [0.25, 0.3) is 0 Å². The van der Waals surface area contributed by atoms with Gasteiger partial charge in [-0.25, -0.2) is 0 Å². The van der Waals surface area contributed by atoms with Gasteiger partial charge in [0, 0.05) is 5.69 Å². The molecule has 0 amide bonds. The lowest BCUT2D eigenvalue weighted by Gasteiger charge is -2.34. The Kier molecular flexibility index (Phi) is 4.17. The zero-order valence-corrected chi connectivity index (χ0v) is 16.0. The van der Waals surface area contributed by atoms with E-state index in [0.717, 1.165) is 39.6 Å². The lowest BCUT2D eigenvalue weighted by atomic mass is 9.98. The molecule has 0 radical (unpaired) electrons. The molecule has 0 fully saturated rings. The normalized spacial score (nSPS) is 11.5. The molecule has 0 aliphatic carbocycles. The number of benzene rings is 4. The van der Waals surface area contributed by atoms with Crippen LogP contribution in [0.1, 0.15) is 11.1 Å². The summed E-state index contributed by atoms with van der Waals surface area (Å²) in [5, 5.41) is 22.1. The maximum Gasteiger partial charge on any atom is 0.0998 e. The molecule has 0 saturated heterocycles. The fourth-order valence-electron chi connectivity index (χ4n) is 3.85. The Bertz CT molecular complexity index is 1300. The summed E-state index contributed by atoms with van der Waals surface area (Å²) in [7, 11) is 0. The number of hydrogen-bond donors (Lipinski definition) is 1. The highest BCUT2D eigenvalue weighted by molar-refractivity contribution is 5.96. The summed E-state index contributed by atoms with van der Waals surface area (Å²) in [6.45, 7) is 0. The smallest absolute Gasteiger partial charge is 0.0998 e. The third-order valence-electron chi connectivity index (χ3n) is 5.26. The van der Waals surface area contributed by atoms with Crippen LogP contribution in [0.15, 0.2) is 91.0 Å². The van der Waals surface area contributed by atoms with Crippen molar-refractivity contribution in [2.45, 2.75) is 0 Å². The van der Waals surface area contributed by atoms with Crippen LogP contribution in [0.4, 0.5) is 28.4 Å². The van der Waals surface area contributed by atoms with Gasteiger partial charge < -0.3 is 10.2 Å². The van der Waals surface area contributed by atoms with Crippen molar-refractivity contribution in [1.29, 1.82) is 10.5 Å². The van der Waals surface area contributed by atoms with Crippen molar-refractivity contribution in [1.82, 2.24) is 0 Å². The number of hydrogen-bond acceptors (Lipinski definition) is 4. The molecule has 4 nitrogen and oxygen atoms in total. The molecule has 0 spiro atoms. The molecule has 4 aromatic rings. The summed E-state index contributed by atoms with van der Waals surface area (Å²) < 4.78 is 0. The second-order valence-electron chi connectivity index (χ2n) is 7.03. The number of nitrogens with one attached hydrogen (secondary N) is 1. The van der Waals surface area contributed by atoms with Crippen molar-refractivity contribution in [3.8, 4) is 23.3 Å². The van der Waals surface area contributed by atoms with E-state index in [-0.39, 0.29) is 0 Å². The monoisotopic (exact) mass is 384 g/mol. The van der Waals surface area contributed by atoms with E-state index in [1.54, 1.807) is 12.1 Å². The summed E-state index contributed by atoms with van der Waals surface area (Å²) in [5.41, 5.74) is 8.06. The minimum Gasteiger partial charge on any atom is -0.352 e. The lowest BCUT2D eigenvalue weighted by Crippen LogP contribution is -2.17. The summed E-state index contributed by atoms with van der Waals surface area (Å²) in [6.07, 6.45) is 0. The molecule has 4 heteroatoms. The molecule has 0 aromatic heterocycles.